The average molecular weight is 234 g/mol. The van der Waals surface area contributed by atoms with Crippen LogP contribution in [-0.4, -0.2) is 36.1 Å². The molecular weight excluding hydrogens is 216 g/mol. The summed E-state index contributed by atoms with van der Waals surface area (Å²) < 4.78 is 0. The SMILES string of the molecule is CN1CCC(C(=O)O)(c2ccc(N)cc2)CC1. The van der Waals surface area contributed by atoms with Crippen LogP contribution in [0.15, 0.2) is 24.3 Å². The number of carbonyl (C=O) groups is 1. The molecule has 2 rings (SSSR count). The van der Waals surface area contributed by atoms with E-state index in [-0.39, 0.29) is 0 Å². The van der Waals surface area contributed by atoms with E-state index in [0.717, 1.165) is 18.7 Å². The Morgan fingerprint density at radius 1 is 1.29 bits per heavy atom. The number of aliphatic carboxylic acids is 1. The van der Waals surface area contributed by atoms with Gasteiger partial charge in [-0.05, 0) is 50.7 Å². The van der Waals surface area contributed by atoms with E-state index < -0.39 is 11.4 Å². The second-order valence-electron chi connectivity index (χ2n) is 4.81. The monoisotopic (exact) mass is 234 g/mol. The van der Waals surface area contributed by atoms with E-state index >= 15 is 0 Å². The summed E-state index contributed by atoms with van der Waals surface area (Å²) in [5, 5.41) is 9.55. The second kappa shape index (κ2) is 4.37. The Hall–Kier alpha value is -1.55. The summed E-state index contributed by atoms with van der Waals surface area (Å²) in [6.45, 7) is 1.63. The highest BCUT2D eigenvalue weighted by molar-refractivity contribution is 5.81. The van der Waals surface area contributed by atoms with Gasteiger partial charge in [0.2, 0.25) is 0 Å². The normalized spacial score (nSPS) is 20.1. The van der Waals surface area contributed by atoms with Gasteiger partial charge in [-0.15, -0.1) is 0 Å². The van der Waals surface area contributed by atoms with E-state index in [1.54, 1.807) is 12.1 Å². The van der Waals surface area contributed by atoms with Crippen LogP contribution in [0.25, 0.3) is 0 Å². The zero-order valence-electron chi connectivity index (χ0n) is 10.0. The third kappa shape index (κ3) is 2.13. The van der Waals surface area contributed by atoms with Gasteiger partial charge in [0.05, 0.1) is 5.41 Å². The molecular formula is C13H18N2O2. The Morgan fingerprint density at radius 3 is 2.29 bits per heavy atom. The molecule has 1 fully saturated rings. The lowest BCUT2D eigenvalue weighted by Crippen LogP contribution is -2.46. The van der Waals surface area contributed by atoms with Gasteiger partial charge in [-0.2, -0.15) is 0 Å². The highest BCUT2D eigenvalue weighted by atomic mass is 16.4. The van der Waals surface area contributed by atoms with Gasteiger partial charge in [0.25, 0.3) is 0 Å². The summed E-state index contributed by atoms with van der Waals surface area (Å²) in [4.78, 5) is 13.8. The molecule has 0 aliphatic carbocycles. The van der Waals surface area contributed by atoms with E-state index in [2.05, 4.69) is 4.90 Å². The zero-order valence-corrected chi connectivity index (χ0v) is 10.0. The van der Waals surface area contributed by atoms with Crippen LogP contribution >= 0.6 is 0 Å². The topological polar surface area (TPSA) is 66.6 Å². The summed E-state index contributed by atoms with van der Waals surface area (Å²) >= 11 is 0. The molecule has 92 valence electrons. The smallest absolute Gasteiger partial charge is 0.314 e. The van der Waals surface area contributed by atoms with Crippen LogP contribution in [0, 0.1) is 0 Å². The van der Waals surface area contributed by atoms with E-state index in [4.69, 9.17) is 5.73 Å². The van der Waals surface area contributed by atoms with Crippen molar-refractivity contribution in [1.29, 1.82) is 0 Å². The molecule has 0 atom stereocenters. The Balaban J connectivity index is 2.35. The van der Waals surface area contributed by atoms with Gasteiger partial charge in [-0.25, -0.2) is 0 Å². The fourth-order valence-electron chi connectivity index (χ4n) is 2.43. The van der Waals surface area contributed by atoms with Crippen molar-refractivity contribution in [1.82, 2.24) is 4.90 Å². The fraction of sp³-hybridized carbons (Fsp3) is 0.462. The first-order chi connectivity index (χ1) is 8.04. The summed E-state index contributed by atoms with van der Waals surface area (Å²) in [5.41, 5.74) is 6.44. The van der Waals surface area contributed by atoms with E-state index in [9.17, 15) is 9.90 Å². The Morgan fingerprint density at radius 2 is 1.82 bits per heavy atom. The number of benzene rings is 1. The molecule has 1 aliphatic heterocycles. The number of nitrogen functional groups attached to an aromatic ring is 1. The molecule has 3 N–H and O–H groups in total. The van der Waals surface area contributed by atoms with Crippen LogP contribution in [0.3, 0.4) is 0 Å². The van der Waals surface area contributed by atoms with Gasteiger partial charge in [0.1, 0.15) is 0 Å². The van der Waals surface area contributed by atoms with Gasteiger partial charge in [-0.1, -0.05) is 12.1 Å². The summed E-state index contributed by atoms with van der Waals surface area (Å²) in [7, 11) is 2.02. The van der Waals surface area contributed by atoms with Crippen LogP contribution in [0.2, 0.25) is 0 Å². The maximum absolute atomic E-state index is 11.6. The van der Waals surface area contributed by atoms with Crippen molar-refractivity contribution < 1.29 is 9.90 Å². The van der Waals surface area contributed by atoms with Crippen molar-refractivity contribution in [3.05, 3.63) is 29.8 Å². The highest BCUT2D eigenvalue weighted by Gasteiger charge is 2.42. The number of hydrogen-bond acceptors (Lipinski definition) is 3. The van der Waals surface area contributed by atoms with Gasteiger partial charge < -0.3 is 15.7 Å². The number of nitrogens with two attached hydrogens (primary N) is 1. The van der Waals surface area contributed by atoms with Crippen LogP contribution in [0.5, 0.6) is 0 Å². The number of anilines is 1. The van der Waals surface area contributed by atoms with Gasteiger partial charge in [-0.3, -0.25) is 4.79 Å². The maximum Gasteiger partial charge on any atom is 0.314 e. The number of carboxylic acid groups (broad SMARTS) is 1. The average Bonchev–Trinajstić information content (AvgIpc) is 2.31. The molecule has 1 aliphatic rings. The standard InChI is InChI=1S/C13H18N2O2/c1-15-8-6-13(7-9-15,12(16)17)10-2-4-11(14)5-3-10/h2-5H,6-9,14H2,1H3,(H,16,17). The first-order valence-electron chi connectivity index (χ1n) is 5.82. The zero-order chi connectivity index (χ0) is 12.5. The molecule has 17 heavy (non-hydrogen) atoms. The minimum absolute atomic E-state index is 0.656. The second-order valence-corrected chi connectivity index (χ2v) is 4.81. The van der Waals surface area contributed by atoms with Gasteiger partial charge in [0.15, 0.2) is 0 Å². The highest BCUT2D eigenvalue weighted by Crippen LogP contribution is 2.35. The molecule has 0 bridgehead atoms. The van der Waals surface area contributed by atoms with Crippen molar-refractivity contribution in [2.45, 2.75) is 18.3 Å². The molecule has 0 unspecified atom stereocenters. The molecule has 4 nitrogen and oxygen atoms in total. The lowest BCUT2D eigenvalue weighted by atomic mass is 9.73. The lowest BCUT2D eigenvalue weighted by Gasteiger charge is -2.37. The minimum atomic E-state index is -0.736. The van der Waals surface area contributed by atoms with E-state index in [1.807, 2.05) is 19.2 Å². The number of hydrogen-bond donors (Lipinski definition) is 2. The largest absolute Gasteiger partial charge is 0.481 e. The molecule has 0 amide bonds. The minimum Gasteiger partial charge on any atom is -0.481 e. The molecule has 0 aromatic heterocycles. The van der Waals surface area contributed by atoms with Gasteiger partial charge >= 0.3 is 5.97 Å². The predicted molar refractivity (Wildman–Crippen MR) is 66.9 cm³/mol. The number of rotatable bonds is 2. The first-order valence-corrected chi connectivity index (χ1v) is 5.82. The Bertz CT molecular complexity index is 406. The molecule has 0 radical (unpaired) electrons. The maximum atomic E-state index is 11.6. The summed E-state index contributed by atoms with van der Waals surface area (Å²) in [5.74, 6) is -0.727. The Kier molecular flexibility index (Phi) is 3.07. The van der Waals surface area contributed by atoms with Gasteiger partial charge in [0, 0.05) is 5.69 Å². The molecule has 4 heteroatoms. The van der Waals surface area contributed by atoms with Crippen LogP contribution in [-0.2, 0) is 10.2 Å². The van der Waals surface area contributed by atoms with Crippen LogP contribution < -0.4 is 5.73 Å². The first kappa shape index (κ1) is 11.9. The quantitative estimate of drug-likeness (QED) is 0.757. The van der Waals surface area contributed by atoms with Crippen molar-refractivity contribution in [2.75, 3.05) is 25.9 Å². The summed E-state index contributed by atoms with van der Waals surface area (Å²) in [6.07, 6.45) is 1.31. The number of carboxylic acids is 1. The van der Waals surface area contributed by atoms with Crippen LogP contribution in [0.1, 0.15) is 18.4 Å². The van der Waals surface area contributed by atoms with Crippen molar-refractivity contribution in [2.24, 2.45) is 0 Å². The number of likely N-dealkylation sites (tertiary alicyclic amines) is 1. The number of piperidine rings is 1. The molecule has 1 saturated heterocycles. The van der Waals surface area contributed by atoms with Crippen molar-refractivity contribution >= 4 is 11.7 Å². The van der Waals surface area contributed by atoms with E-state index in [0.29, 0.717) is 18.5 Å². The third-order valence-corrected chi connectivity index (χ3v) is 3.71. The predicted octanol–water partition coefficient (Wildman–Crippen LogP) is 1.32. The molecule has 0 spiro atoms. The van der Waals surface area contributed by atoms with Crippen molar-refractivity contribution in [3.63, 3.8) is 0 Å². The Labute approximate surface area is 101 Å². The third-order valence-electron chi connectivity index (χ3n) is 3.71. The van der Waals surface area contributed by atoms with Crippen LogP contribution in [0.4, 0.5) is 5.69 Å². The lowest BCUT2D eigenvalue weighted by molar-refractivity contribution is -0.145. The molecule has 1 heterocycles. The molecule has 0 saturated carbocycles. The summed E-state index contributed by atoms with van der Waals surface area (Å²) in [6, 6.07) is 7.24. The number of nitrogens with zero attached hydrogens (tertiary/aromatic N) is 1. The molecule has 1 aromatic rings. The van der Waals surface area contributed by atoms with Crippen molar-refractivity contribution in [3.8, 4) is 0 Å². The van der Waals surface area contributed by atoms with E-state index in [1.165, 1.54) is 0 Å². The fourth-order valence-corrected chi connectivity index (χ4v) is 2.43. The molecule has 1 aromatic carbocycles.